The minimum Gasteiger partial charge on any atom is -0.432 e. The molecule has 0 saturated carbocycles. The molecule has 2 rings (SSSR count). The third kappa shape index (κ3) is 3.95. The van der Waals surface area contributed by atoms with E-state index in [1.807, 2.05) is 0 Å². The van der Waals surface area contributed by atoms with E-state index in [0.717, 1.165) is 18.3 Å². The number of benzene rings is 1. The zero-order valence-electron chi connectivity index (χ0n) is 11.9. The number of hydrogen-bond donors (Lipinski definition) is 1. The van der Waals surface area contributed by atoms with E-state index in [1.165, 1.54) is 12.1 Å². The number of alkyl halides is 4. The number of rotatable bonds is 5. The van der Waals surface area contributed by atoms with E-state index in [0.29, 0.717) is 6.92 Å². The van der Waals surface area contributed by atoms with E-state index < -0.39 is 36.4 Å². The molecule has 0 amide bonds. The van der Waals surface area contributed by atoms with Crippen LogP contribution in [0.5, 0.6) is 5.75 Å². The fourth-order valence-electron chi connectivity index (χ4n) is 2.05. The van der Waals surface area contributed by atoms with Crippen molar-refractivity contribution in [2.45, 2.75) is 26.1 Å². The van der Waals surface area contributed by atoms with Gasteiger partial charge in [0.05, 0.1) is 6.61 Å². The Morgan fingerprint density at radius 2 is 1.91 bits per heavy atom. The average molecular weight is 333 g/mol. The van der Waals surface area contributed by atoms with Crippen LogP contribution >= 0.6 is 0 Å². The molecule has 1 heterocycles. The van der Waals surface area contributed by atoms with Crippen molar-refractivity contribution in [1.29, 1.82) is 0 Å². The van der Waals surface area contributed by atoms with Crippen molar-refractivity contribution in [2.24, 2.45) is 0 Å². The van der Waals surface area contributed by atoms with Gasteiger partial charge in [-0.25, -0.2) is 4.39 Å². The van der Waals surface area contributed by atoms with Crippen molar-refractivity contribution in [1.82, 2.24) is 4.98 Å². The lowest BCUT2D eigenvalue weighted by molar-refractivity contribution is -0.0521. The van der Waals surface area contributed by atoms with E-state index in [4.69, 9.17) is 0 Å². The quantitative estimate of drug-likeness (QED) is 0.838. The van der Waals surface area contributed by atoms with Gasteiger partial charge in [0.1, 0.15) is 5.69 Å². The van der Waals surface area contributed by atoms with Crippen LogP contribution in [0.1, 0.15) is 18.2 Å². The maximum absolute atomic E-state index is 13.4. The van der Waals surface area contributed by atoms with Crippen molar-refractivity contribution in [2.75, 3.05) is 0 Å². The van der Waals surface area contributed by atoms with E-state index in [9.17, 15) is 27.1 Å². The molecule has 1 aromatic carbocycles. The van der Waals surface area contributed by atoms with Crippen LogP contribution in [0.15, 0.2) is 30.5 Å². The fraction of sp³-hybridized carbons (Fsp3) is 0.267. The summed E-state index contributed by atoms with van der Waals surface area (Å²) in [7, 11) is 0. The van der Waals surface area contributed by atoms with E-state index in [1.54, 1.807) is 0 Å². The zero-order valence-corrected chi connectivity index (χ0v) is 11.9. The second-order valence-electron chi connectivity index (χ2n) is 4.80. The number of aliphatic hydroxyl groups is 1. The number of nitrogens with zero attached hydrogens (tertiary/aromatic N) is 1. The van der Waals surface area contributed by atoms with Crippen LogP contribution in [0.25, 0.3) is 11.1 Å². The van der Waals surface area contributed by atoms with Crippen LogP contribution < -0.4 is 4.74 Å². The Hall–Kier alpha value is -2.22. The van der Waals surface area contributed by atoms with Gasteiger partial charge < -0.3 is 9.84 Å². The maximum atomic E-state index is 13.4. The second kappa shape index (κ2) is 6.49. The minimum atomic E-state index is -3.25. The molecular formula is C15H12F5NO2. The van der Waals surface area contributed by atoms with Crippen LogP contribution in [0, 0.1) is 5.82 Å². The van der Waals surface area contributed by atoms with Gasteiger partial charge in [0.15, 0.2) is 11.6 Å². The molecule has 124 valence electrons. The Bertz CT molecular complexity index is 701. The lowest BCUT2D eigenvalue weighted by atomic mass is 10.0. The van der Waals surface area contributed by atoms with Crippen molar-refractivity contribution >= 4 is 0 Å². The van der Waals surface area contributed by atoms with Gasteiger partial charge in [-0.3, -0.25) is 4.98 Å². The smallest absolute Gasteiger partial charge is 0.387 e. The minimum absolute atomic E-state index is 0.115. The summed E-state index contributed by atoms with van der Waals surface area (Å²) in [5.41, 5.74) is -0.220. The van der Waals surface area contributed by atoms with E-state index >= 15 is 0 Å². The van der Waals surface area contributed by atoms with Gasteiger partial charge in [-0.2, -0.15) is 17.6 Å². The SMILES string of the molecule is CC(F)(F)c1ncc(-c2ccc(F)c(OC(F)F)c2)cc1CO. The Balaban J connectivity index is 2.46. The predicted octanol–water partition coefficient (Wildman–Crippen LogP) is 4.09. The summed E-state index contributed by atoms with van der Waals surface area (Å²) in [6, 6.07) is 4.41. The first-order chi connectivity index (χ1) is 10.7. The van der Waals surface area contributed by atoms with Gasteiger partial charge >= 0.3 is 6.61 Å². The zero-order chi connectivity index (χ0) is 17.2. The van der Waals surface area contributed by atoms with E-state index in [-0.39, 0.29) is 16.7 Å². The molecule has 3 nitrogen and oxygen atoms in total. The summed E-state index contributed by atoms with van der Waals surface area (Å²) < 4.78 is 68.6. The van der Waals surface area contributed by atoms with E-state index in [2.05, 4.69) is 9.72 Å². The largest absolute Gasteiger partial charge is 0.432 e. The Morgan fingerprint density at radius 1 is 1.22 bits per heavy atom. The van der Waals surface area contributed by atoms with Gasteiger partial charge in [-0.1, -0.05) is 6.07 Å². The highest BCUT2D eigenvalue weighted by Crippen LogP contribution is 2.32. The summed E-state index contributed by atoms with van der Waals surface area (Å²) in [6.07, 6.45) is 1.09. The molecule has 0 aliphatic rings. The van der Waals surface area contributed by atoms with Crippen molar-refractivity contribution < 1.29 is 31.8 Å². The first kappa shape index (κ1) is 17.1. The topological polar surface area (TPSA) is 42.4 Å². The highest BCUT2D eigenvalue weighted by Gasteiger charge is 2.29. The van der Waals surface area contributed by atoms with Crippen LogP contribution in [-0.4, -0.2) is 16.7 Å². The summed E-state index contributed by atoms with van der Waals surface area (Å²) in [5.74, 6) is -4.90. The normalized spacial score (nSPS) is 11.8. The van der Waals surface area contributed by atoms with Crippen LogP contribution in [-0.2, 0) is 12.5 Å². The predicted molar refractivity (Wildman–Crippen MR) is 71.8 cm³/mol. The summed E-state index contributed by atoms with van der Waals surface area (Å²) in [5, 5.41) is 9.21. The number of aliphatic hydroxyl groups excluding tert-OH is 1. The Morgan fingerprint density at radius 3 is 2.48 bits per heavy atom. The Kier molecular flexibility index (Phi) is 4.84. The molecule has 8 heteroatoms. The van der Waals surface area contributed by atoms with Gasteiger partial charge in [0, 0.05) is 24.2 Å². The highest BCUT2D eigenvalue weighted by atomic mass is 19.3. The summed E-state index contributed by atoms with van der Waals surface area (Å²) >= 11 is 0. The monoisotopic (exact) mass is 333 g/mol. The van der Waals surface area contributed by atoms with Crippen LogP contribution in [0.3, 0.4) is 0 Å². The number of hydrogen-bond acceptors (Lipinski definition) is 3. The van der Waals surface area contributed by atoms with Gasteiger partial charge in [0.2, 0.25) is 0 Å². The molecule has 0 fully saturated rings. The molecule has 0 aliphatic heterocycles. The fourth-order valence-corrected chi connectivity index (χ4v) is 2.05. The number of ether oxygens (including phenoxy) is 1. The average Bonchev–Trinajstić information content (AvgIpc) is 2.47. The van der Waals surface area contributed by atoms with Gasteiger partial charge in [0.25, 0.3) is 5.92 Å². The third-order valence-electron chi connectivity index (χ3n) is 3.03. The number of aromatic nitrogens is 1. The molecule has 0 radical (unpaired) electrons. The van der Waals surface area contributed by atoms with Crippen molar-refractivity contribution in [3.63, 3.8) is 0 Å². The molecule has 0 unspecified atom stereocenters. The molecule has 0 aliphatic carbocycles. The third-order valence-corrected chi connectivity index (χ3v) is 3.03. The summed E-state index contributed by atoms with van der Waals surface area (Å²) in [4.78, 5) is 3.62. The lowest BCUT2D eigenvalue weighted by Crippen LogP contribution is -2.13. The highest BCUT2D eigenvalue weighted by molar-refractivity contribution is 5.65. The number of halogens is 5. The maximum Gasteiger partial charge on any atom is 0.387 e. The standard InChI is InChI=1S/C15H12F5NO2/c1-15(19,20)13-10(7-22)4-9(6-21-13)8-2-3-11(16)12(5-8)23-14(17)18/h2-6,14,22H,7H2,1H3. The molecule has 0 saturated heterocycles. The molecule has 23 heavy (non-hydrogen) atoms. The van der Waals surface area contributed by atoms with Crippen LogP contribution in [0.4, 0.5) is 22.0 Å². The van der Waals surface area contributed by atoms with Gasteiger partial charge in [-0.15, -0.1) is 0 Å². The molecule has 1 N–H and O–H groups in total. The first-order valence-corrected chi connectivity index (χ1v) is 6.45. The summed E-state index contributed by atoms with van der Waals surface area (Å²) in [6.45, 7) is -3.24. The lowest BCUT2D eigenvalue weighted by Gasteiger charge is -2.15. The number of pyridine rings is 1. The molecular weight excluding hydrogens is 321 g/mol. The Labute approximate surface area is 128 Å². The molecule has 0 atom stereocenters. The molecule has 0 bridgehead atoms. The van der Waals surface area contributed by atoms with Crippen molar-refractivity contribution in [3.8, 4) is 16.9 Å². The van der Waals surface area contributed by atoms with Gasteiger partial charge in [-0.05, 0) is 23.8 Å². The van der Waals surface area contributed by atoms with Crippen molar-refractivity contribution in [3.05, 3.63) is 47.5 Å². The molecule has 2 aromatic rings. The molecule has 1 aromatic heterocycles. The second-order valence-corrected chi connectivity index (χ2v) is 4.80. The van der Waals surface area contributed by atoms with Crippen LogP contribution in [0.2, 0.25) is 0 Å². The molecule has 0 spiro atoms. The first-order valence-electron chi connectivity index (χ1n) is 6.45.